The number of carbonyl (C=O) groups is 1. The van der Waals surface area contributed by atoms with Gasteiger partial charge >= 0.3 is 0 Å². The number of carbonyl (C=O) groups excluding carboxylic acids is 1. The second-order valence-electron chi connectivity index (χ2n) is 6.60. The molecule has 4 nitrogen and oxygen atoms in total. The van der Waals surface area contributed by atoms with Gasteiger partial charge in [0.15, 0.2) is 5.78 Å². The predicted molar refractivity (Wildman–Crippen MR) is 96.8 cm³/mol. The first-order valence-electron chi connectivity index (χ1n) is 8.16. The fourth-order valence-electron chi connectivity index (χ4n) is 3.36. The van der Waals surface area contributed by atoms with Gasteiger partial charge in [-0.25, -0.2) is 0 Å². The summed E-state index contributed by atoms with van der Waals surface area (Å²) >= 11 is 0. The quantitative estimate of drug-likeness (QED) is 0.669. The number of benzene rings is 1. The van der Waals surface area contributed by atoms with E-state index in [1.165, 1.54) is 0 Å². The number of ketones is 1. The standard InChI is InChI=1S/C20H23N3O/c1-10-8-9-16(17-12(3)11(2)13(4)21-19(10)17)20(24)18-14(5)22-23(7)15(18)6/h8-9H,1-7H3. The van der Waals surface area contributed by atoms with E-state index in [-0.39, 0.29) is 5.78 Å². The number of fused-ring (bicyclic) bond motifs is 1. The first-order valence-corrected chi connectivity index (χ1v) is 8.16. The van der Waals surface area contributed by atoms with Crippen LogP contribution in [0.1, 0.15) is 49.7 Å². The Kier molecular flexibility index (Phi) is 3.78. The molecule has 0 spiro atoms. The molecule has 124 valence electrons. The number of hydrogen-bond acceptors (Lipinski definition) is 3. The van der Waals surface area contributed by atoms with Crippen LogP contribution in [-0.4, -0.2) is 20.5 Å². The normalized spacial score (nSPS) is 11.3. The average Bonchev–Trinajstić information content (AvgIpc) is 2.78. The van der Waals surface area contributed by atoms with Crippen LogP contribution in [0.5, 0.6) is 0 Å². The van der Waals surface area contributed by atoms with Gasteiger partial charge < -0.3 is 0 Å². The molecule has 3 rings (SSSR count). The summed E-state index contributed by atoms with van der Waals surface area (Å²) in [5.41, 5.74) is 8.35. The van der Waals surface area contributed by atoms with Crippen molar-refractivity contribution in [2.75, 3.05) is 0 Å². The van der Waals surface area contributed by atoms with Gasteiger partial charge in [0.25, 0.3) is 0 Å². The van der Waals surface area contributed by atoms with Crippen molar-refractivity contribution in [2.45, 2.75) is 41.5 Å². The lowest BCUT2D eigenvalue weighted by Crippen LogP contribution is -2.08. The van der Waals surface area contributed by atoms with Crippen LogP contribution in [0.15, 0.2) is 12.1 Å². The highest BCUT2D eigenvalue weighted by atomic mass is 16.1. The maximum atomic E-state index is 13.3. The van der Waals surface area contributed by atoms with Gasteiger partial charge in [-0.2, -0.15) is 5.10 Å². The van der Waals surface area contributed by atoms with Gasteiger partial charge in [-0.05, 0) is 58.2 Å². The fourth-order valence-corrected chi connectivity index (χ4v) is 3.36. The van der Waals surface area contributed by atoms with E-state index in [0.29, 0.717) is 11.1 Å². The summed E-state index contributed by atoms with van der Waals surface area (Å²) in [4.78, 5) is 18.0. The molecule has 0 bridgehead atoms. The lowest BCUT2D eigenvalue weighted by atomic mass is 9.92. The second-order valence-corrected chi connectivity index (χ2v) is 6.60. The molecule has 0 N–H and O–H groups in total. The zero-order chi connectivity index (χ0) is 17.8. The lowest BCUT2D eigenvalue weighted by molar-refractivity contribution is 0.103. The predicted octanol–water partition coefficient (Wildman–Crippen LogP) is 4.05. The Bertz CT molecular complexity index is 996. The van der Waals surface area contributed by atoms with Crippen molar-refractivity contribution in [3.8, 4) is 0 Å². The minimum absolute atomic E-state index is 0.0243. The van der Waals surface area contributed by atoms with E-state index in [2.05, 4.69) is 18.9 Å². The molecule has 2 heterocycles. The van der Waals surface area contributed by atoms with Crippen LogP contribution in [0.25, 0.3) is 10.9 Å². The minimum Gasteiger partial charge on any atom is -0.288 e. The van der Waals surface area contributed by atoms with Crippen molar-refractivity contribution >= 4 is 16.7 Å². The van der Waals surface area contributed by atoms with Crippen LogP contribution in [-0.2, 0) is 7.05 Å². The maximum absolute atomic E-state index is 13.3. The molecule has 0 atom stereocenters. The number of rotatable bonds is 2. The van der Waals surface area contributed by atoms with E-state index in [0.717, 1.165) is 44.7 Å². The fraction of sp³-hybridized carbons (Fsp3) is 0.350. The molecular weight excluding hydrogens is 298 g/mol. The molecule has 0 aliphatic carbocycles. The summed E-state index contributed by atoms with van der Waals surface area (Å²) in [6.07, 6.45) is 0. The highest BCUT2D eigenvalue weighted by Crippen LogP contribution is 2.30. The summed E-state index contributed by atoms with van der Waals surface area (Å²) in [6.45, 7) is 12.0. The summed E-state index contributed by atoms with van der Waals surface area (Å²) < 4.78 is 1.76. The number of nitrogens with zero attached hydrogens (tertiary/aromatic N) is 3. The Balaban J connectivity index is 2.37. The van der Waals surface area contributed by atoms with Gasteiger partial charge in [-0.1, -0.05) is 12.1 Å². The SMILES string of the molecule is Cc1nc2c(C)ccc(C(=O)c3c(C)nn(C)c3C)c2c(C)c1C. The Hall–Kier alpha value is -2.49. The maximum Gasteiger partial charge on any atom is 0.197 e. The van der Waals surface area contributed by atoms with Gasteiger partial charge in [-0.15, -0.1) is 0 Å². The Labute approximate surface area is 142 Å². The van der Waals surface area contributed by atoms with Crippen LogP contribution in [0.3, 0.4) is 0 Å². The first kappa shape index (κ1) is 16.4. The van der Waals surface area contributed by atoms with E-state index in [1.54, 1.807) is 4.68 Å². The van der Waals surface area contributed by atoms with E-state index < -0.39 is 0 Å². The van der Waals surface area contributed by atoms with Gasteiger partial charge in [0.05, 0.1) is 16.8 Å². The van der Waals surface area contributed by atoms with Crippen molar-refractivity contribution in [3.63, 3.8) is 0 Å². The van der Waals surface area contributed by atoms with Gasteiger partial charge in [0.2, 0.25) is 0 Å². The molecule has 24 heavy (non-hydrogen) atoms. The van der Waals surface area contributed by atoms with Crippen LogP contribution >= 0.6 is 0 Å². The summed E-state index contributed by atoms with van der Waals surface area (Å²) in [7, 11) is 1.87. The van der Waals surface area contributed by atoms with Gasteiger partial charge in [-0.3, -0.25) is 14.5 Å². The molecule has 0 saturated carbocycles. The molecule has 0 saturated heterocycles. The molecule has 4 heteroatoms. The lowest BCUT2D eigenvalue weighted by Gasteiger charge is -2.14. The van der Waals surface area contributed by atoms with E-state index in [1.807, 2.05) is 46.9 Å². The number of aryl methyl sites for hydroxylation is 5. The van der Waals surface area contributed by atoms with Crippen LogP contribution < -0.4 is 0 Å². The molecule has 0 unspecified atom stereocenters. The molecule has 3 aromatic rings. The van der Waals surface area contributed by atoms with E-state index in [9.17, 15) is 4.79 Å². The first-order chi connectivity index (χ1) is 11.2. The monoisotopic (exact) mass is 321 g/mol. The van der Waals surface area contributed by atoms with Crippen LogP contribution in [0.4, 0.5) is 0 Å². The number of hydrogen-bond donors (Lipinski definition) is 0. The molecule has 0 aliphatic heterocycles. The third-order valence-electron chi connectivity index (χ3n) is 5.12. The van der Waals surface area contributed by atoms with E-state index in [4.69, 9.17) is 4.98 Å². The zero-order valence-electron chi connectivity index (χ0n) is 15.4. The molecule has 0 fully saturated rings. The van der Waals surface area contributed by atoms with Crippen LogP contribution in [0, 0.1) is 41.5 Å². The minimum atomic E-state index is 0.0243. The summed E-state index contributed by atoms with van der Waals surface area (Å²) in [6, 6.07) is 3.91. The average molecular weight is 321 g/mol. The molecule has 1 aromatic carbocycles. The smallest absolute Gasteiger partial charge is 0.197 e. The zero-order valence-corrected chi connectivity index (χ0v) is 15.4. The molecule has 0 amide bonds. The summed E-state index contributed by atoms with van der Waals surface area (Å²) in [5.74, 6) is 0.0243. The van der Waals surface area contributed by atoms with Crippen molar-refractivity contribution < 1.29 is 4.79 Å². The Morgan fingerprint density at radius 3 is 2.21 bits per heavy atom. The van der Waals surface area contributed by atoms with Crippen LogP contribution in [0.2, 0.25) is 0 Å². The largest absolute Gasteiger partial charge is 0.288 e. The third kappa shape index (κ3) is 2.25. The third-order valence-corrected chi connectivity index (χ3v) is 5.12. The van der Waals surface area contributed by atoms with Crippen molar-refractivity contribution in [3.05, 3.63) is 57.0 Å². The highest BCUT2D eigenvalue weighted by molar-refractivity contribution is 6.18. The summed E-state index contributed by atoms with van der Waals surface area (Å²) in [5, 5.41) is 5.35. The number of aromatic nitrogens is 3. The van der Waals surface area contributed by atoms with Crippen molar-refractivity contribution in [1.29, 1.82) is 0 Å². The Morgan fingerprint density at radius 1 is 0.958 bits per heavy atom. The van der Waals surface area contributed by atoms with Gasteiger partial charge in [0, 0.05) is 29.4 Å². The molecular formula is C20H23N3O. The molecule has 0 aliphatic rings. The Morgan fingerprint density at radius 2 is 1.62 bits per heavy atom. The molecule has 2 aromatic heterocycles. The molecule has 0 radical (unpaired) electrons. The highest BCUT2D eigenvalue weighted by Gasteiger charge is 2.23. The second kappa shape index (κ2) is 5.55. The van der Waals surface area contributed by atoms with E-state index >= 15 is 0 Å². The van der Waals surface area contributed by atoms with Crippen molar-refractivity contribution in [1.82, 2.24) is 14.8 Å². The van der Waals surface area contributed by atoms with Crippen molar-refractivity contribution in [2.24, 2.45) is 7.05 Å². The number of pyridine rings is 1. The van der Waals surface area contributed by atoms with Gasteiger partial charge in [0.1, 0.15) is 0 Å². The topological polar surface area (TPSA) is 47.8 Å².